The fourth-order valence-corrected chi connectivity index (χ4v) is 3.74. The van der Waals surface area contributed by atoms with Crippen LogP contribution in [-0.2, 0) is 0 Å². The van der Waals surface area contributed by atoms with Crippen LogP contribution in [0.1, 0.15) is 52.0 Å². The third-order valence-corrected chi connectivity index (χ3v) is 5.68. The van der Waals surface area contributed by atoms with E-state index in [1.165, 1.54) is 37.1 Å². The van der Waals surface area contributed by atoms with Crippen molar-refractivity contribution in [1.29, 1.82) is 0 Å². The number of rotatable bonds is 6. The first-order valence-electron chi connectivity index (χ1n) is 10.0. The standard InChI is InChI=1S/C23H25FN2O2.ClH/c24-18-9-7-17(8-10-18)22(27)20-3-1-2-4-21(20)23(28)26-13-11-19(12-14-26)25-15-16-5-6-16;/h1-4,7-10,16,19,25H,5-6,11-15H2;1H. The number of hydrogen-bond acceptors (Lipinski definition) is 3. The SMILES string of the molecule is Cl.O=C(c1ccc(F)cc1)c1ccccc1C(=O)N1CCC(NCC2CC2)CC1. The van der Waals surface area contributed by atoms with Crippen molar-refractivity contribution in [2.45, 2.75) is 31.7 Å². The van der Waals surface area contributed by atoms with Gasteiger partial charge in [-0.1, -0.05) is 18.2 Å². The molecule has 1 heterocycles. The molecule has 1 aliphatic carbocycles. The Morgan fingerprint density at radius 1 is 0.931 bits per heavy atom. The van der Waals surface area contributed by atoms with Crippen LogP contribution < -0.4 is 5.32 Å². The Hall–Kier alpha value is -2.24. The Bertz CT molecular complexity index is 859. The molecular formula is C23H26ClFN2O2. The van der Waals surface area contributed by atoms with Crippen LogP contribution in [-0.4, -0.2) is 42.3 Å². The number of carbonyl (C=O) groups is 2. The Morgan fingerprint density at radius 3 is 2.17 bits per heavy atom. The second kappa shape index (κ2) is 9.51. The van der Waals surface area contributed by atoms with Crippen molar-refractivity contribution >= 4 is 24.1 Å². The molecule has 1 saturated carbocycles. The van der Waals surface area contributed by atoms with E-state index in [4.69, 9.17) is 0 Å². The van der Waals surface area contributed by atoms with Gasteiger partial charge < -0.3 is 10.2 Å². The summed E-state index contributed by atoms with van der Waals surface area (Å²) in [6, 6.07) is 12.8. The van der Waals surface area contributed by atoms with E-state index in [1.807, 2.05) is 4.90 Å². The lowest BCUT2D eigenvalue weighted by molar-refractivity contribution is 0.0701. The molecule has 4 rings (SSSR count). The van der Waals surface area contributed by atoms with Gasteiger partial charge in [0.1, 0.15) is 5.82 Å². The molecule has 2 aromatic carbocycles. The van der Waals surface area contributed by atoms with Crippen LogP contribution in [0.2, 0.25) is 0 Å². The molecular weight excluding hydrogens is 391 g/mol. The number of nitrogens with zero attached hydrogens (tertiary/aromatic N) is 1. The minimum absolute atomic E-state index is 0. The van der Waals surface area contributed by atoms with Crippen molar-refractivity contribution in [3.8, 4) is 0 Å². The molecule has 0 atom stereocenters. The molecule has 0 unspecified atom stereocenters. The van der Waals surface area contributed by atoms with Crippen LogP contribution in [0.4, 0.5) is 4.39 Å². The monoisotopic (exact) mass is 416 g/mol. The minimum atomic E-state index is -0.390. The van der Waals surface area contributed by atoms with Gasteiger partial charge in [-0.2, -0.15) is 0 Å². The number of carbonyl (C=O) groups excluding carboxylic acids is 2. The van der Waals surface area contributed by atoms with E-state index in [0.29, 0.717) is 35.8 Å². The Labute approximate surface area is 176 Å². The molecule has 1 amide bonds. The molecule has 29 heavy (non-hydrogen) atoms. The number of likely N-dealkylation sites (tertiary alicyclic amines) is 1. The predicted molar refractivity (Wildman–Crippen MR) is 113 cm³/mol. The first-order valence-corrected chi connectivity index (χ1v) is 10.0. The van der Waals surface area contributed by atoms with Gasteiger partial charge >= 0.3 is 0 Å². The summed E-state index contributed by atoms with van der Waals surface area (Å²) < 4.78 is 13.2. The summed E-state index contributed by atoms with van der Waals surface area (Å²) in [7, 11) is 0. The third kappa shape index (κ3) is 5.22. The number of amides is 1. The van der Waals surface area contributed by atoms with E-state index < -0.39 is 0 Å². The summed E-state index contributed by atoms with van der Waals surface area (Å²) in [5, 5.41) is 3.62. The smallest absolute Gasteiger partial charge is 0.254 e. The lowest BCUT2D eigenvalue weighted by Gasteiger charge is -2.33. The highest BCUT2D eigenvalue weighted by atomic mass is 35.5. The van der Waals surface area contributed by atoms with Crippen LogP contribution in [0.15, 0.2) is 48.5 Å². The molecule has 0 spiro atoms. The third-order valence-electron chi connectivity index (χ3n) is 5.68. The molecule has 154 valence electrons. The topological polar surface area (TPSA) is 49.4 Å². The summed E-state index contributed by atoms with van der Waals surface area (Å²) >= 11 is 0. The van der Waals surface area contributed by atoms with E-state index in [0.717, 1.165) is 25.3 Å². The Kier molecular flexibility index (Phi) is 7.04. The van der Waals surface area contributed by atoms with Crippen molar-refractivity contribution in [3.05, 3.63) is 71.0 Å². The van der Waals surface area contributed by atoms with Crippen LogP contribution in [0.5, 0.6) is 0 Å². The summed E-state index contributed by atoms with van der Waals surface area (Å²) in [6.45, 7) is 2.48. The second-order valence-electron chi connectivity index (χ2n) is 7.80. The van der Waals surface area contributed by atoms with Gasteiger partial charge in [-0.05, 0) is 68.5 Å². The summed E-state index contributed by atoms with van der Waals surface area (Å²) in [5.41, 5.74) is 1.17. The molecule has 4 nitrogen and oxygen atoms in total. The van der Waals surface area contributed by atoms with Crippen molar-refractivity contribution in [1.82, 2.24) is 10.2 Å². The normalized spacial score (nSPS) is 16.9. The lowest BCUT2D eigenvalue weighted by atomic mass is 9.96. The van der Waals surface area contributed by atoms with Crippen LogP contribution in [0.25, 0.3) is 0 Å². The average Bonchev–Trinajstić information content (AvgIpc) is 3.57. The molecule has 0 radical (unpaired) electrons. The molecule has 1 aliphatic heterocycles. The molecule has 0 aromatic heterocycles. The van der Waals surface area contributed by atoms with E-state index >= 15 is 0 Å². The van der Waals surface area contributed by atoms with Gasteiger partial charge in [0.05, 0.1) is 5.56 Å². The first-order chi connectivity index (χ1) is 13.6. The number of hydrogen-bond donors (Lipinski definition) is 1. The number of piperidine rings is 1. The summed E-state index contributed by atoms with van der Waals surface area (Å²) in [4.78, 5) is 27.8. The fourth-order valence-electron chi connectivity index (χ4n) is 3.74. The molecule has 2 fully saturated rings. The van der Waals surface area contributed by atoms with Gasteiger partial charge in [-0.3, -0.25) is 9.59 Å². The van der Waals surface area contributed by atoms with E-state index in [1.54, 1.807) is 24.3 Å². The first kappa shape index (κ1) is 21.5. The van der Waals surface area contributed by atoms with Crippen molar-refractivity contribution in [2.24, 2.45) is 5.92 Å². The van der Waals surface area contributed by atoms with Gasteiger partial charge in [0.2, 0.25) is 0 Å². The maximum Gasteiger partial charge on any atom is 0.254 e. The van der Waals surface area contributed by atoms with Crippen molar-refractivity contribution in [3.63, 3.8) is 0 Å². The highest BCUT2D eigenvalue weighted by Gasteiger charge is 2.28. The summed E-state index contributed by atoms with van der Waals surface area (Å²) in [6.07, 6.45) is 4.55. The fraction of sp³-hybridized carbons (Fsp3) is 0.391. The second-order valence-corrected chi connectivity index (χ2v) is 7.80. The average molecular weight is 417 g/mol. The quantitative estimate of drug-likeness (QED) is 0.722. The maximum absolute atomic E-state index is 13.2. The van der Waals surface area contributed by atoms with Crippen LogP contribution >= 0.6 is 12.4 Å². The Balaban J connectivity index is 0.00000240. The Morgan fingerprint density at radius 2 is 1.55 bits per heavy atom. The molecule has 1 N–H and O–H groups in total. The van der Waals surface area contributed by atoms with E-state index in [9.17, 15) is 14.0 Å². The zero-order valence-electron chi connectivity index (χ0n) is 16.3. The lowest BCUT2D eigenvalue weighted by Crippen LogP contribution is -2.45. The largest absolute Gasteiger partial charge is 0.339 e. The molecule has 2 aliphatic rings. The van der Waals surface area contributed by atoms with Crippen LogP contribution in [0.3, 0.4) is 0 Å². The number of benzene rings is 2. The number of ketones is 1. The summed E-state index contributed by atoms with van der Waals surface area (Å²) in [5.74, 6) is 0.0970. The van der Waals surface area contributed by atoms with Crippen molar-refractivity contribution < 1.29 is 14.0 Å². The zero-order valence-corrected chi connectivity index (χ0v) is 17.1. The maximum atomic E-state index is 13.2. The molecule has 2 aromatic rings. The van der Waals surface area contributed by atoms with Crippen LogP contribution in [0, 0.1) is 11.7 Å². The van der Waals surface area contributed by atoms with Gasteiger partial charge in [0, 0.05) is 30.3 Å². The zero-order chi connectivity index (χ0) is 19.5. The van der Waals surface area contributed by atoms with E-state index in [-0.39, 0.29) is 29.9 Å². The molecule has 0 bridgehead atoms. The van der Waals surface area contributed by atoms with Gasteiger partial charge in [0.25, 0.3) is 5.91 Å². The number of halogens is 2. The van der Waals surface area contributed by atoms with Gasteiger partial charge in [-0.25, -0.2) is 4.39 Å². The van der Waals surface area contributed by atoms with Gasteiger partial charge in [-0.15, -0.1) is 12.4 Å². The highest BCUT2D eigenvalue weighted by Crippen LogP contribution is 2.28. The van der Waals surface area contributed by atoms with Crippen molar-refractivity contribution in [2.75, 3.05) is 19.6 Å². The van der Waals surface area contributed by atoms with E-state index in [2.05, 4.69) is 5.32 Å². The predicted octanol–water partition coefficient (Wildman–Crippen LogP) is 4.08. The molecule has 6 heteroatoms. The molecule has 1 saturated heterocycles. The highest BCUT2D eigenvalue weighted by molar-refractivity contribution is 6.15. The number of nitrogens with one attached hydrogen (secondary N) is 1. The minimum Gasteiger partial charge on any atom is -0.339 e. The van der Waals surface area contributed by atoms with Gasteiger partial charge in [0.15, 0.2) is 5.78 Å².